The van der Waals surface area contributed by atoms with Gasteiger partial charge < -0.3 is 9.84 Å². The lowest BCUT2D eigenvalue weighted by atomic mass is 9.98. The number of anilines is 1. The molecular formula is C23H15Cl2FN2O4. The zero-order valence-electron chi connectivity index (χ0n) is 16.6. The second-order valence-electron chi connectivity index (χ2n) is 6.88. The Hall–Kier alpha value is -3.42. The Kier molecular flexibility index (Phi) is 5.86. The smallest absolute Gasteiger partial charge is 0.300 e. The lowest BCUT2D eigenvalue weighted by Gasteiger charge is -2.24. The highest BCUT2D eigenvalue weighted by Crippen LogP contribution is 2.43. The predicted molar refractivity (Wildman–Crippen MR) is 118 cm³/mol. The normalized spacial score (nSPS) is 17.6. The Morgan fingerprint density at radius 2 is 1.81 bits per heavy atom. The summed E-state index contributed by atoms with van der Waals surface area (Å²) in [6.07, 6.45) is 1.49. The molecule has 1 unspecified atom stereocenters. The molecule has 0 bridgehead atoms. The van der Waals surface area contributed by atoms with Crippen LogP contribution in [0.3, 0.4) is 0 Å². The summed E-state index contributed by atoms with van der Waals surface area (Å²) >= 11 is 12.4. The van der Waals surface area contributed by atoms with E-state index >= 15 is 0 Å². The lowest BCUT2D eigenvalue weighted by Crippen LogP contribution is -2.29. The number of pyridine rings is 1. The number of carbonyl (C=O) groups is 2. The van der Waals surface area contributed by atoms with E-state index in [9.17, 15) is 19.1 Å². The summed E-state index contributed by atoms with van der Waals surface area (Å²) in [5, 5.41) is 11.3. The fourth-order valence-electron chi connectivity index (χ4n) is 3.59. The van der Waals surface area contributed by atoms with Gasteiger partial charge in [-0.3, -0.25) is 19.5 Å². The highest BCUT2D eigenvalue weighted by atomic mass is 35.5. The highest BCUT2D eigenvalue weighted by Gasteiger charge is 2.47. The molecule has 0 spiro atoms. The quantitative estimate of drug-likeness (QED) is 0.322. The first kappa shape index (κ1) is 21.8. The van der Waals surface area contributed by atoms with E-state index in [1.807, 2.05) is 0 Å². The molecule has 0 radical (unpaired) electrons. The summed E-state index contributed by atoms with van der Waals surface area (Å²) in [7, 11) is 1.39. The van der Waals surface area contributed by atoms with Crippen LogP contribution in [0, 0.1) is 5.82 Å². The number of carbonyl (C=O) groups excluding carboxylic acids is 2. The van der Waals surface area contributed by atoms with Crippen molar-refractivity contribution in [2.24, 2.45) is 0 Å². The number of rotatable bonds is 4. The van der Waals surface area contributed by atoms with Gasteiger partial charge in [0.1, 0.15) is 17.6 Å². The Bertz CT molecular complexity index is 1240. The molecular weight excluding hydrogens is 458 g/mol. The monoisotopic (exact) mass is 472 g/mol. The number of benzene rings is 2. The molecule has 1 fully saturated rings. The van der Waals surface area contributed by atoms with Crippen LogP contribution in [0.15, 0.2) is 66.4 Å². The third-order valence-corrected chi connectivity index (χ3v) is 5.54. The van der Waals surface area contributed by atoms with Gasteiger partial charge in [0.25, 0.3) is 11.7 Å². The van der Waals surface area contributed by atoms with Crippen LogP contribution < -0.4 is 9.64 Å². The maximum atomic E-state index is 13.9. The first-order valence-electron chi connectivity index (χ1n) is 9.34. The topological polar surface area (TPSA) is 79.7 Å². The number of ketones is 1. The fourth-order valence-corrected chi connectivity index (χ4v) is 4.23. The Balaban J connectivity index is 1.96. The third-order valence-electron chi connectivity index (χ3n) is 4.97. The van der Waals surface area contributed by atoms with Crippen LogP contribution >= 0.6 is 23.2 Å². The van der Waals surface area contributed by atoms with E-state index in [0.29, 0.717) is 5.69 Å². The van der Waals surface area contributed by atoms with Crippen molar-refractivity contribution in [1.82, 2.24) is 4.98 Å². The molecule has 1 aliphatic heterocycles. The number of amides is 1. The summed E-state index contributed by atoms with van der Waals surface area (Å²) in [5.41, 5.74) is 0.338. The maximum Gasteiger partial charge on any atom is 0.300 e. The predicted octanol–water partition coefficient (Wildman–Crippen LogP) is 5.16. The van der Waals surface area contributed by atoms with Crippen LogP contribution in [0.1, 0.15) is 17.3 Å². The van der Waals surface area contributed by atoms with Gasteiger partial charge >= 0.3 is 0 Å². The van der Waals surface area contributed by atoms with Gasteiger partial charge in [0.05, 0.1) is 28.4 Å². The fraction of sp³-hybridized carbons (Fsp3) is 0.0870. The van der Waals surface area contributed by atoms with Gasteiger partial charge in [-0.15, -0.1) is 0 Å². The zero-order chi connectivity index (χ0) is 23.0. The molecule has 6 nitrogen and oxygen atoms in total. The van der Waals surface area contributed by atoms with Gasteiger partial charge in [0, 0.05) is 17.4 Å². The van der Waals surface area contributed by atoms with E-state index < -0.39 is 29.3 Å². The number of Topliss-reactive ketones (excluding diaryl/α,β-unsaturated/α-hetero) is 1. The van der Waals surface area contributed by atoms with Crippen LogP contribution in [-0.4, -0.2) is 28.9 Å². The number of aliphatic hydroxyl groups is 1. The third kappa shape index (κ3) is 3.70. The average Bonchev–Trinajstić information content (AvgIpc) is 3.04. The van der Waals surface area contributed by atoms with E-state index in [1.54, 1.807) is 18.2 Å². The molecule has 1 saturated heterocycles. The highest BCUT2D eigenvalue weighted by molar-refractivity contribution is 6.51. The Morgan fingerprint density at radius 1 is 1.09 bits per heavy atom. The van der Waals surface area contributed by atoms with E-state index in [0.717, 1.165) is 11.0 Å². The van der Waals surface area contributed by atoms with Crippen LogP contribution in [0.2, 0.25) is 10.0 Å². The number of aliphatic hydroxyl groups excluding tert-OH is 1. The van der Waals surface area contributed by atoms with Crippen molar-refractivity contribution >= 4 is 46.3 Å². The standard InChI is InChI=1S/C23H15Cl2FN2O4/c1-32-22-15(24)9-12(10-16(22)25)20(29)18-19(17-7-2-3-8-27-17)28(23(31)21(18)30)14-6-4-5-13(26)11-14/h2-11,19,29H,1H3/b20-18+. The minimum Gasteiger partial charge on any atom is -0.507 e. The summed E-state index contributed by atoms with van der Waals surface area (Å²) in [6.45, 7) is 0. The van der Waals surface area contributed by atoms with E-state index in [-0.39, 0.29) is 32.6 Å². The van der Waals surface area contributed by atoms with Crippen molar-refractivity contribution in [2.75, 3.05) is 12.0 Å². The van der Waals surface area contributed by atoms with Crippen molar-refractivity contribution in [2.45, 2.75) is 6.04 Å². The van der Waals surface area contributed by atoms with Crippen LogP contribution in [-0.2, 0) is 9.59 Å². The van der Waals surface area contributed by atoms with Crippen LogP contribution in [0.4, 0.5) is 10.1 Å². The molecule has 1 aliphatic rings. The molecule has 2 heterocycles. The average molecular weight is 473 g/mol. The van der Waals surface area contributed by atoms with E-state index in [1.165, 1.54) is 43.6 Å². The van der Waals surface area contributed by atoms with Gasteiger partial charge in [0.15, 0.2) is 5.75 Å². The summed E-state index contributed by atoms with van der Waals surface area (Å²) in [6, 6.07) is 11.8. The minimum absolute atomic E-state index is 0.107. The largest absolute Gasteiger partial charge is 0.507 e. The van der Waals surface area contributed by atoms with Crippen molar-refractivity contribution in [3.8, 4) is 5.75 Å². The maximum absolute atomic E-state index is 13.9. The molecule has 3 aromatic rings. The number of hydrogen-bond donors (Lipinski definition) is 1. The van der Waals surface area contributed by atoms with Crippen LogP contribution in [0.5, 0.6) is 5.75 Å². The number of aromatic nitrogens is 1. The molecule has 0 aliphatic carbocycles. The number of ether oxygens (including phenoxy) is 1. The molecule has 1 atom stereocenters. The second kappa shape index (κ2) is 8.61. The minimum atomic E-state index is -1.10. The first-order chi connectivity index (χ1) is 15.3. The number of methoxy groups -OCH3 is 1. The van der Waals surface area contributed by atoms with Gasteiger partial charge in [-0.1, -0.05) is 35.3 Å². The van der Waals surface area contributed by atoms with Crippen LogP contribution in [0.25, 0.3) is 5.76 Å². The molecule has 2 aromatic carbocycles. The summed E-state index contributed by atoms with van der Waals surface area (Å²) in [5.74, 6) is -2.77. The Morgan fingerprint density at radius 3 is 2.41 bits per heavy atom. The molecule has 1 amide bonds. The summed E-state index contributed by atoms with van der Waals surface area (Å²) in [4.78, 5) is 31.4. The first-order valence-corrected chi connectivity index (χ1v) is 10.1. The van der Waals surface area contributed by atoms with Gasteiger partial charge in [0.2, 0.25) is 0 Å². The molecule has 32 heavy (non-hydrogen) atoms. The number of halogens is 3. The van der Waals surface area contributed by atoms with Gasteiger partial charge in [-0.2, -0.15) is 0 Å². The van der Waals surface area contributed by atoms with Crippen molar-refractivity contribution in [1.29, 1.82) is 0 Å². The van der Waals surface area contributed by atoms with Gasteiger partial charge in [-0.05, 0) is 42.5 Å². The second-order valence-corrected chi connectivity index (χ2v) is 7.69. The van der Waals surface area contributed by atoms with Crippen molar-refractivity contribution in [3.63, 3.8) is 0 Å². The molecule has 162 valence electrons. The molecule has 0 saturated carbocycles. The SMILES string of the molecule is COc1c(Cl)cc(/C(O)=C2\C(=O)C(=O)N(c3cccc(F)c3)C2c2ccccn2)cc1Cl. The van der Waals surface area contributed by atoms with E-state index in [4.69, 9.17) is 27.9 Å². The molecule has 1 aromatic heterocycles. The summed E-state index contributed by atoms with van der Waals surface area (Å²) < 4.78 is 19.0. The lowest BCUT2D eigenvalue weighted by molar-refractivity contribution is -0.132. The molecule has 4 rings (SSSR count). The van der Waals surface area contributed by atoms with Crippen molar-refractivity contribution < 1.29 is 23.8 Å². The van der Waals surface area contributed by atoms with Gasteiger partial charge in [-0.25, -0.2) is 4.39 Å². The molecule has 1 N–H and O–H groups in total. The number of hydrogen-bond acceptors (Lipinski definition) is 5. The van der Waals surface area contributed by atoms with Crippen molar-refractivity contribution in [3.05, 3.63) is 93.5 Å². The van der Waals surface area contributed by atoms with E-state index in [2.05, 4.69) is 4.98 Å². The zero-order valence-corrected chi connectivity index (χ0v) is 18.1. The molecule has 9 heteroatoms. The number of nitrogens with zero attached hydrogens (tertiary/aromatic N) is 2. The Labute approximate surface area is 192 Å².